The van der Waals surface area contributed by atoms with Gasteiger partial charge in [0.15, 0.2) is 27.2 Å². The van der Waals surface area contributed by atoms with E-state index in [4.69, 9.17) is 20.2 Å². The maximum absolute atomic E-state index is 14.5. The number of anilines is 1. The van der Waals surface area contributed by atoms with Crippen LogP contribution in [0.25, 0.3) is 17.0 Å². The molecule has 1 aromatic carbocycles. The Kier molecular flexibility index (Phi) is 5.30. The van der Waals surface area contributed by atoms with Crippen molar-refractivity contribution in [3.05, 3.63) is 35.5 Å². The van der Waals surface area contributed by atoms with Gasteiger partial charge < -0.3 is 20.1 Å². The van der Waals surface area contributed by atoms with Crippen molar-refractivity contribution in [2.45, 2.75) is 44.1 Å². The zero-order chi connectivity index (χ0) is 24.4. The highest BCUT2D eigenvalue weighted by molar-refractivity contribution is 7.91. The van der Waals surface area contributed by atoms with Crippen LogP contribution in [0.3, 0.4) is 0 Å². The van der Waals surface area contributed by atoms with Crippen LogP contribution >= 0.6 is 0 Å². The third-order valence-corrected chi connectivity index (χ3v) is 8.67. The summed E-state index contributed by atoms with van der Waals surface area (Å²) in [7, 11) is -3.61. The highest BCUT2D eigenvalue weighted by Crippen LogP contribution is 2.44. The van der Waals surface area contributed by atoms with Crippen LogP contribution < -0.4 is 15.4 Å². The largest absolute Gasteiger partial charge is 0.486 e. The molecule has 2 aromatic heterocycles. The number of rotatable bonds is 4. The smallest absolute Gasteiger partial charge is 0.238 e. The van der Waals surface area contributed by atoms with Crippen molar-refractivity contribution in [2.24, 2.45) is 5.73 Å². The van der Waals surface area contributed by atoms with E-state index in [-0.39, 0.29) is 35.8 Å². The Bertz CT molecular complexity index is 1390. The third kappa shape index (κ3) is 3.35. The molecular weight excluding hydrogens is 463 g/mol. The summed E-state index contributed by atoms with van der Waals surface area (Å²) >= 11 is 0. The number of nitrogens with zero attached hydrogens (tertiary/aromatic N) is 5. The molecule has 1 saturated heterocycles. The van der Waals surface area contributed by atoms with Crippen molar-refractivity contribution in [2.75, 3.05) is 31.0 Å². The van der Waals surface area contributed by atoms with E-state index >= 15 is 0 Å². The SMILES string of the molecule is C[C@@H]1COC[C@H]2COc3c(nc(-n4c(CN)nc5c(F)cccc54)nc3C(C)(C)S(C)(=O)=O)N21. The Hall–Kier alpha value is -2.83. The second-order valence-corrected chi connectivity index (χ2v) is 11.8. The van der Waals surface area contributed by atoms with Crippen LogP contribution in [0.5, 0.6) is 5.75 Å². The fraction of sp³-hybridized carbons (Fsp3) is 0.500. The molecule has 2 atom stereocenters. The first-order valence-corrected chi connectivity index (χ1v) is 12.9. The topological polar surface area (TPSA) is 125 Å². The van der Waals surface area contributed by atoms with Gasteiger partial charge in [0, 0.05) is 6.26 Å². The number of hydrogen-bond donors (Lipinski definition) is 1. The molecule has 2 N–H and O–H groups in total. The van der Waals surface area contributed by atoms with Gasteiger partial charge in [0.25, 0.3) is 0 Å². The van der Waals surface area contributed by atoms with Crippen molar-refractivity contribution in [3.8, 4) is 11.7 Å². The van der Waals surface area contributed by atoms with Gasteiger partial charge >= 0.3 is 0 Å². The summed E-state index contributed by atoms with van der Waals surface area (Å²) in [6, 6.07) is 4.48. The first-order chi connectivity index (χ1) is 16.0. The number of para-hydroxylation sites is 1. The van der Waals surface area contributed by atoms with E-state index in [1.807, 2.05) is 6.92 Å². The number of halogens is 1. The summed E-state index contributed by atoms with van der Waals surface area (Å²) in [5.41, 5.74) is 6.76. The molecule has 12 heteroatoms. The van der Waals surface area contributed by atoms with Gasteiger partial charge in [0.1, 0.15) is 28.4 Å². The normalized spacial score (nSPS) is 20.7. The second kappa shape index (κ2) is 7.85. The minimum atomic E-state index is -3.61. The molecule has 182 valence electrons. The van der Waals surface area contributed by atoms with Crippen molar-refractivity contribution in [1.29, 1.82) is 0 Å². The molecule has 0 amide bonds. The molecule has 0 spiro atoms. The molecule has 0 bridgehead atoms. The molecule has 5 rings (SSSR count). The fourth-order valence-electron chi connectivity index (χ4n) is 4.48. The predicted octanol–water partition coefficient (Wildman–Crippen LogP) is 1.68. The van der Waals surface area contributed by atoms with E-state index in [1.165, 1.54) is 6.07 Å². The van der Waals surface area contributed by atoms with Gasteiger partial charge in [-0.25, -0.2) is 22.8 Å². The molecule has 10 nitrogen and oxygen atoms in total. The van der Waals surface area contributed by atoms with E-state index in [1.54, 1.807) is 30.5 Å². The lowest BCUT2D eigenvalue weighted by atomic mass is 10.0. The zero-order valence-corrected chi connectivity index (χ0v) is 20.3. The lowest BCUT2D eigenvalue weighted by molar-refractivity contribution is 0.0482. The molecule has 0 radical (unpaired) electrons. The number of benzene rings is 1. The number of morpholine rings is 1. The standard InChI is InChI=1S/C22H27FN6O4S/c1-12-9-32-10-13-11-33-18-19(22(2,3)34(4,30)31)26-21(27-20(18)28(12)13)29-15-7-5-6-14(23)17(15)25-16(29)8-24/h5-7,12-13H,8-11,24H2,1-4H3/t12-,13+/m1/s1. The quantitative estimate of drug-likeness (QED) is 0.581. The van der Waals surface area contributed by atoms with Gasteiger partial charge in [0.2, 0.25) is 5.95 Å². The summed E-state index contributed by atoms with van der Waals surface area (Å²) in [5.74, 6) is 0.818. The number of sulfone groups is 1. The Labute approximate surface area is 196 Å². The lowest BCUT2D eigenvalue weighted by Crippen LogP contribution is -2.56. The number of ether oxygens (including phenoxy) is 2. The molecule has 0 aliphatic carbocycles. The van der Waals surface area contributed by atoms with Gasteiger partial charge in [-0.1, -0.05) is 6.07 Å². The monoisotopic (exact) mass is 490 g/mol. The number of hydrogen-bond acceptors (Lipinski definition) is 9. The average Bonchev–Trinajstić information content (AvgIpc) is 3.17. The Morgan fingerprint density at radius 1 is 1.21 bits per heavy atom. The van der Waals surface area contributed by atoms with Gasteiger partial charge in [-0.15, -0.1) is 0 Å². The summed E-state index contributed by atoms with van der Waals surface area (Å²) < 4.78 is 52.1. The van der Waals surface area contributed by atoms with Gasteiger partial charge in [0.05, 0.1) is 37.4 Å². The maximum Gasteiger partial charge on any atom is 0.238 e. The average molecular weight is 491 g/mol. The van der Waals surface area contributed by atoms with Crippen molar-refractivity contribution >= 4 is 26.7 Å². The second-order valence-electron chi connectivity index (χ2n) is 9.24. The van der Waals surface area contributed by atoms with E-state index in [9.17, 15) is 12.8 Å². The number of aromatic nitrogens is 4. The highest BCUT2D eigenvalue weighted by atomic mass is 32.2. The molecule has 0 unspecified atom stereocenters. The maximum atomic E-state index is 14.5. The predicted molar refractivity (Wildman–Crippen MR) is 124 cm³/mol. The molecule has 2 aliphatic rings. The molecule has 1 fully saturated rings. The first kappa shape index (κ1) is 22.9. The molecule has 2 aliphatic heterocycles. The first-order valence-electron chi connectivity index (χ1n) is 11.0. The minimum absolute atomic E-state index is 0.00640. The van der Waals surface area contributed by atoms with Gasteiger partial charge in [-0.3, -0.25) is 4.57 Å². The van der Waals surface area contributed by atoms with Crippen LogP contribution in [0.15, 0.2) is 18.2 Å². The van der Waals surface area contributed by atoms with Crippen molar-refractivity contribution < 1.29 is 22.3 Å². The van der Waals surface area contributed by atoms with Crippen LogP contribution in [0.1, 0.15) is 32.3 Å². The Morgan fingerprint density at radius 3 is 2.68 bits per heavy atom. The summed E-state index contributed by atoms with van der Waals surface area (Å²) in [4.78, 5) is 16.0. The number of fused-ring (bicyclic) bond motifs is 4. The van der Waals surface area contributed by atoms with Gasteiger partial charge in [-0.05, 0) is 32.9 Å². The number of imidazole rings is 1. The van der Waals surface area contributed by atoms with Crippen LogP contribution in [-0.4, -0.2) is 66.1 Å². The van der Waals surface area contributed by atoms with Crippen LogP contribution in [0.4, 0.5) is 10.2 Å². The van der Waals surface area contributed by atoms with E-state index < -0.39 is 20.4 Å². The number of nitrogens with two attached hydrogens (primary N) is 1. The lowest BCUT2D eigenvalue weighted by Gasteiger charge is -2.45. The van der Waals surface area contributed by atoms with E-state index in [2.05, 4.69) is 14.9 Å². The van der Waals surface area contributed by atoms with Crippen molar-refractivity contribution in [3.63, 3.8) is 0 Å². The van der Waals surface area contributed by atoms with Gasteiger partial charge in [-0.2, -0.15) is 4.98 Å². The Morgan fingerprint density at radius 2 is 1.97 bits per heavy atom. The zero-order valence-electron chi connectivity index (χ0n) is 19.4. The fourth-order valence-corrected chi connectivity index (χ4v) is 4.97. The molecular formula is C22H27FN6O4S. The minimum Gasteiger partial charge on any atom is -0.486 e. The molecule has 34 heavy (non-hydrogen) atoms. The Balaban J connectivity index is 1.85. The summed E-state index contributed by atoms with van der Waals surface area (Å²) in [5, 5.41) is 0. The van der Waals surface area contributed by atoms with E-state index in [0.29, 0.717) is 42.7 Å². The molecule has 0 saturated carbocycles. The molecule has 3 aromatic rings. The van der Waals surface area contributed by atoms with Crippen LogP contribution in [0, 0.1) is 5.82 Å². The van der Waals surface area contributed by atoms with Crippen LogP contribution in [-0.2, 0) is 25.9 Å². The third-order valence-electron chi connectivity index (χ3n) is 6.62. The van der Waals surface area contributed by atoms with Crippen LogP contribution in [0.2, 0.25) is 0 Å². The van der Waals surface area contributed by atoms with Crippen molar-refractivity contribution in [1.82, 2.24) is 19.5 Å². The summed E-state index contributed by atoms with van der Waals surface area (Å²) in [6.07, 6.45) is 1.16. The highest BCUT2D eigenvalue weighted by Gasteiger charge is 2.44. The van der Waals surface area contributed by atoms with E-state index in [0.717, 1.165) is 6.26 Å². The summed E-state index contributed by atoms with van der Waals surface area (Å²) in [6.45, 7) is 6.46. The molecule has 4 heterocycles.